The summed E-state index contributed by atoms with van der Waals surface area (Å²) >= 11 is 14.9. The fourth-order valence-corrected chi connectivity index (χ4v) is 3.29. The third-order valence-corrected chi connectivity index (χ3v) is 4.63. The lowest BCUT2D eigenvalue weighted by molar-refractivity contribution is 1.07. The number of nitrogens with zero attached hydrogens (tertiary/aromatic N) is 2. The van der Waals surface area contributed by atoms with Gasteiger partial charge in [0.15, 0.2) is 0 Å². The second kappa shape index (κ2) is 6.61. The van der Waals surface area contributed by atoms with E-state index in [-0.39, 0.29) is 0 Å². The molecular formula is C11H11Cl2N3S2. The number of hydrogen-bond donors (Lipinski definition) is 1. The third-order valence-electron chi connectivity index (χ3n) is 2.16. The van der Waals surface area contributed by atoms with Crippen molar-refractivity contribution < 1.29 is 0 Å². The molecule has 1 heterocycles. The zero-order valence-corrected chi connectivity index (χ0v) is 12.8. The van der Waals surface area contributed by atoms with Crippen molar-refractivity contribution in [3.8, 4) is 0 Å². The molecule has 0 saturated carbocycles. The zero-order valence-electron chi connectivity index (χ0n) is 9.61. The van der Waals surface area contributed by atoms with E-state index in [4.69, 9.17) is 23.2 Å². The second-order valence-corrected chi connectivity index (χ2v) is 6.06. The summed E-state index contributed by atoms with van der Waals surface area (Å²) in [5.74, 6) is 0.761. The van der Waals surface area contributed by atoms with Gasteiger partial charge in [0.25, 0.3) is 0 Å². The predicted octanol–water partition coefficient (Wildman–Crippen LogP) is 4.57. The number of nitrogens with one attached hydrogen (secondary N) is 1. The minimum absolute atomic E-state index is 0.574. The Balaban J connectivity index is 2.02. The van der Waals surface area contributed by atoms with E-state index in [1.165, 1.54) is 11.5 Å². The highest BCUT2D eigenvalue weighted by Crippen LogP contribution is 2.31. The largest absolute Gasteiger partial charge is 0.374 e. The molecule has 7 heteroatoms. The maximum atomic E-state index is 5.97. The number of aromatic nitrogens is 2. The van der Waals surface area contributed by atoms with Crippen molar-refractivity contribution in [3.05, 3.63) is 33.9 Å². The Hall–Kier alpha value is -0.490. The Morgan fingerprint density at radius 2 is 2.17 bits per heavy atom. The van der Waals surface area contributed by atoms with Crippen LogP contribution in [0.5, 0.6) is 0 Å². The summed E-state index contributed by atoms with van der Waals surface area (Å²) in [5, 5.41) is 9.54. The zero-order chi connectivity index (χ0) is 13.0. The first-order chi connectivity index (χ1) is 8.70. The normalized spacial score (nSPS) is 10.6. The van der Waals surface area contributed by atoms with Gasteiger partial charge in [0.1, 0.15) is 10.7 Å². The van der Waals surface area contributed by atoms with E-state index >= 15 is 0 Å². The molecule has 0 aliphatic heterocycles. The SMILES string of the molecule is CCNc1snnc1CSc1ccc(Cl)c(Cl)c1. The van der Waals surface area contributed by atoms with Crippen molar-refractivity contribution in [3.63, 3.8) is 0 Å². The van der Waals surface area contributed by atoms with E-state index < -0.39 is 0 Å². The average molecular weight is 320 g/mol. The highest BCUT2D eigenvalue weighted by atomic mass is 35.5. The van der Waals surface area contributed by atoms with Crippen LogP contribution >= 0.6 is 46.5 Å². The van der Waals surface area contributed by atoms with Crippen LogP contribution in [0.2, 0.25) is 10.0 Å². The van der Waals surface area contributed by atoms with Crippen LogP contribution in [0, 0.1) is 0 Å². The Labute approximate surface area is 124 Å². The molecule has 0 radical (unpaired) electrons. The van der Waals surface area contributed by atoms with E-state index in [1.807, 2.05) is 12.1 Å². The Morgan fingerprint density at radius 1 is 1.33 bits per heavy atom. The maximum Gasteiger partial charge on any atom is 0.134 e. The summed E-state index contributed by atoms with van der Waals surface area (Å²) in [7, 11) is 0. The van der Waals surface area contributed by atoms with Crippen LogP contribution in [0.4, 0.5) is 5.00 Å². The quantitative estimate of drug-likeness (QED) is 0.819. The van der Waals surface area contributed by atoms with Gasteiger partial charge < -0.3 is 5.32 Å². The van der Waals surface area contributed by atoms with Crippen LogP contribution < -0.4 is 5.32 Å². The number of hydrogen-bond acceptors (Lipinski definition) is 5. The van der Waals surface area contributed by atoms with Gasteiger partial charge in [0, 0.05) is 28.7 Å². The van der Waals surface area contributed by atoms with Crippen LogP contribution in [0.1, 0.15) is 12.6 Å². The molecule has 18 heavy (non-hydrogen) atoms. The summed E-state index contributed by atoms with van der Waals surface area (Å²) in [6.45, 7) is 2.92. The molecule has 1 aromatic carbocycles. The molecule has 0 unspecified atom stereocenters. The van der Waals surface area contributed by atoms with Gasteiger partial charge in [0.05, 0.1) is 10.0 Å². The summed E-state index contributed by atoms with van der Waals surface area (Å²) in [5.41, 5.74) is 0.970. The number of rotatable bonds is 5. The van der Waals surface area contributed by atoms with Crippen molar-refractivity contribution in [1.82, 2.24) is 9.59 Å². The standard InChI is InChI=1S/C11H11Cl2N3S2/c1-2-14-11-10(15-16-18-11)6-17-7-3-4-8(12)9(13)5-7/h3-5,14H,2,6H2,1H3. The van der Waals surface area contributed by atoms with E-state index in [9.17, 15) is 0 Å². The topological polar surface area (TPSA) is 37.8 Å². The molecule has 0 amide bonds. The van der Waals surface area contributed by atoms with Crippen molar-refractivity contribution in [2.75, 3.05) is 11.9 Å². The monoisotopic (exact) mass is 319 g/mol. The van der Waals surface area contributed by atoms with Crippen LogP contribution in [0.25, 0.3) is 0 Å². The molecule has 1 N–H and O–H groups in total. The first-order valence-electron chi connectivity index (χ1n) is 5.33. The Morgan fingerprint density at radius 3 is 2.89 bits per heavy atom. The van der Waals surface area contributed by atoms with Crippen LogP contribution in [-0.4, -0.2) is 16.1 Å². The third kappa shape index (κ3) is 3.51. The van der Waals surface area contributed by atoms with E-state index in [1.54, 1.807) is 17.8 Å². The molecule has 0 aliphatic carbocycles. The second-order valence-electron chi connectivity index (χ2n) is 3.44. The average Bonchev–Trinajstić information content (AvgIpc) is 2.79. The summed E-state index contributed by atoms with van der Waals surface area (Å²) in [6.07, 6.45) is 0. The fraction of sp³-hybridized carbons (Fsp3) is 0.273. The van der Waals surface area contributed by atoms with Gasteiger partial charge in [-0.2, -0.15) is 0 Å². The first kappa shape index (κ1) is 13.9. The number of benzene rings is 1. The number of halogens is 2. The van der Waals surface area contributed by atoms with Gasteiger partial charge in [0.2, 0.25) is 0 Å². The molecule has 0 bridgehead atoms. The van der Waals surface area contributed by atoms with Gasteiger partial charge in [-0.3, -0.25) is 0 Å². The number of thioether (sulfide) groups is 1. The Bertz CT molecular complexity index is 531. The smallest absolute Gasteiger partial charge is 0.134 e. The van der Waals surface area contributed by atoms with Gasteiger partial charge in [-0.1, -0.05) is 27.7 Å². The molecule has 1 aromatic heterocycles. The molecule has 0 spiro atoms. The van der Waals surface area contributed by atoms with Gasteiger partial charge in [-0.15, -0.1) is 16.9 Å². The van der Waals surface area contributed by atoms with Crippen LogP contribution in [-0.2, 0) is 5.75 Å². The molecule has 96 valence electrons. The summed E-state index contributed by atoms with van der Waals surface area (Å²) < 4.78 is 3.95. The van der Waals surface area contributed by atoms with Crippen molar-refractivity contribution in [2.45, 2.75) is 17.6 Å². The predicted molar refractivity (Wildman–Crippen MR) is 80.1 cm³/mol. The minimum Gasteiger partial charge on any atom is -0.374 e. The Kier molecular flexibility index (Phi) is 5.12. The van der Waals surface area contributed by atoms with Gasteiger partial charge in [-0.05, 0) is 25.1 Å². The molecule has 3 nitrogen and oxygen atoms in total. The van der Waals surface area contributed by atoms with Crippen molar-refractivity contribution >= 4 is 51.5 Å². The van der Waals surface area contributed by atoms with E-state index in [2.05, 4.69) is 21.8 Å². The molecular weight excluding hydrogens is 309 g/mol. The lowest BCUT2D eigenvalue weighted by atomic mass is 10.4. The van der Waals surface area contributed by atoms with E-state index in [0.29, 0.717) is 10.0 Å². The van der Waals surface area contributed by atoms with Crippen molar-refractivity contribution in [1.29, 1.82) is 0 Å². The lowest BCUT2D eigenvalue weighted by Gasteiger charge is -2.03. The highest BCUT2D eigenvalue weighted by Gasteiger charge is 2.08. The maximum absolute atomic E-state index is 5.97. The minimum atomic E-state index is 0.574. The molecule has 0 atom stereocenters. The molecule has 0 saturated heterocycles. The molecule has 2 aromatic rings. The summed E-state index contributed by atoms with van der Waals surface area (Å²) in [6, 6.07) is 5.61. The van der Waals surface area contributed by atoms with Crippen LogP contribution in [0.3, 0.4) is 0 Å². The molecule has 2 rings (SSSR count). The van der Waals surface area contributed by atoms with E-state index in [0.717, 1.165) is 27.9 Å². The highest BCUT2D eigenvalue weighted by molar-refractivity contribution is 7.98. The van der Waals surface area contributed by atoms with Crippen LogP contribution in [0.15, 0.2) is 23.1 Å². The van der Waals surface area contributed by atoms with Crippen molar-refractivity contribution in [2.24, 2.45) is 0 Å². The molecule has 0 fully saturated rings. The lowest BCUT2D eigenvalue weighted by Crippen LogP contribution is -1.97. The molecule has 0 aliphatic rings. The van der Waals surface area contributed by atoms with Gasteiger partial charge in [-0.25, -0.2) is 0 Å². The summed E-state index contributed by atoms with van der Waals surface area (Å²) in [4.78, 5) is 1.07. The number of anilines is 1. The van der Waals surface area contributed by atoms with Gasteiger partial charge >= 0.3 is 0 Å². The first-order valence-corrected chi connectivity index (χ1v) is 7.85. The fourth-order valence-electron chi connectivity index (χ4n) is 1.32.